The van der Waals surface area contributed by atoms with Gasteiger partial charge in [-0.15, -0.1) is 11.3 Å². The molecule has 28 heavy (non-hydrogen) atoms. The van der Waals surface area contributed by atoms with E-state index in [0.717, 1.165) is 37.0 Å². The van der Waals surface area contributed by atoms with Gasteiger partial charge in [0.25, 0.3) is 5.91 Å². The van der Waals surface area contributed by atoms with E-state index in [0.29, 0.717) is 29.3 Å². The van der Waals surface area contributed by atoms with Gasteiger partial charge in [0, 0.05) is 11.5 Å². The van der Waals surface area contributed by atoms with E-state index < -0.39 is 12.1 Å². The molecule has 152 valence electrons. The number of carbonyl (C=O) groups is 2. The van der Waals surface area contributed by atoms with Crippen LogP contribution in [0.15, 0.2) is 6.07 Å². The van der Waals surface area contributed by atoms with E-state index in [1.165, 1.54) is 6.42 Å². The van der Waals surface area contributed by atoms with Crippen LogP contribution in [0.5, 0.6) is 0 Å². The maximum Gasteiger partial charge on any atom is 0.348 e. The Morgan fingerprint density at radius 1 is 1.18 bits per heavy atom. The molecule has 1 aromatic rings. The van der Waals surface area contributed by atoms with Crippen molar-refractivity contribution in [3.05, 3.63) is 15.8 Å². The fourth-order valence-corrected chi connectivity index (χ4v) is 5.03. The van der Waals surface area contributed by atoms with Crippen molar-refractivity contribution in [1.29, 1.82) is 0 Å². The number of thiophene rings is 1. The molecule has 0 bridgehead atoms. The van der Waals surface area contributed by atoms with Crippen molar-refractivity contribution in [3.63, 3.8) is 0 Å². The third kappa shape index (κ3) is 4.59. The van der Waals surface area contributed by atoms with Crippen molar-refractivity contribution in [2.75, 3.05) is 4.90 Å². The Hall–Kier alpha value is -1.84. The average Bonchev–Trinajstić information content (AvgIpc) is 3.06. The molecule has 0 radical (unpaired) electrons. The molecule has 2 heterocycles. The van der Waals surface area contributed by atoms with Gasteiger partial charge in [-0.1, -0.05) is 31.1 Å². The second-order valence-corrected chi connectivity index (χ2v) is 9.95. The zero-order valence-electron chi connectivity index (χ0n) is 16.8. The topological polar surface area (TPSA) is 77.8 Å². The van der Waals surface area contributed by atoms with Gasteiger partial charge in [-0.2, -0.15) is 0 Å². The molecule has 1 saturated carbocycles. The molecule has 1 aliphatic heterocycles. The van der Waals surface area contributed by atoms with Crippen LogP contribution in [-0.2, 0) is 4.79 Å². The summed E-state index contributed by atoms with van der Waals surface area (Å²) in [7, 11) is 0. The van der Waals surface area contributed by atoms with E-state index in [1.54, 1.807) is 11.0 Å². The molecule has 1 aromatic heterocycles. The first-order valence-electron chi connectivity index (χ1n) is 10.1. The summed E-state index contributed by atoms with van der Waals surface area (Å²) in [5.74, 6) is 5.12. The number of hydrogen-bond acceptors (Lipinski definition) is 4. The minimum absolute atomic E-state index is 0.0488. The Balaban J connectivity index is 2.02. The van der Waals surface area contributed by atoms with Crippen LogP contribution < -0.4 is 4.90 Å². The predicted octanol–water partition coefficient (Wildman–Crippen LogP) is 4.28. The number of piperidine rings is 1. The van der Waals surface area contributed by atoms with Crippen molar-refractivity contribution in [2.24, 2.45) is 11.3 Å². The molecular weight excluding hydrogens is 374 g/mol. The van der Waals surface area contributed by atoms with Gasteiger partial charge in [0.05, 0.1) is 10.6 Å². The Kier molecular flexibility index (Phi) is 6.16. The maximum absolute atomic E-state index is 12.9. The fraction of sp³-hybridized carbons (Fsp3) is 0.636. The van der Waals surface area contributed by atoms with E-state index in [1.807, 2.05) is 20.8 Å². The SMILES string of the molecule is CC(C)(C)C#Cc1cc(N2C(=O)C(O)CCC2C2CCCCC2)c(C(=O)O)s1. The number of nitrogens with zero attached hydrogens (tertiary/aromatic N) is 1. The highest BCUT2D eigenvalue weighted by molar-refractivity contribution is 7.15. The lowest BCUT2D eigenvalue weighted by Gasteiger charge is -2.43. The lowest BCUT2D eigenvalue weighted by atomic mass is 9.79. The summed E-state index contributed by atoms with van der Waals surface area (Å²) in [5, 5.41) is 20.0. The van der Waals surface area contributed by atoms with E-state index in [2.05, 4.69) is 11.8 Å². The largest absolute Gasteiger partial charge is 0.477 e. The van der Waals surface area contributed by atoms with Crippen LogP contribution in [-0.4, -0.2) is 34.2 Å². The number of aliphatic hydroxyl groups is 1. The van der Waals surface area contributed by atoms with Crippen molar-refractivity contribution in [3.8, 4) is 11.8 Å². The normalized spacial score (nSPS) is 24.0. The van der Waals surface area contributed by atoms with Gasteiger partial charge in [0.15, 0.2) is 0 Å². The van der Waals surface area contributed by atoms with Crippen LogP contribution >= 0.6 is 11.3 Å². The molecule has 5 nitrogen and oxygen atoms in total. The minimum atomic E-state index is -1.06. The molecule has 2 aliphatic rings. The molecule has 0 aromatic carbocycles. The van der Waals surface area contributed by atoms with Crippen molar-refractivity contribution in [1.82, 2.24) is 0 Å². The predicted molar refractivity (Wildman–Crippen MR) is 111 cm³/mol. The van der Waals surface area contributed by atoms with Crippen LogP contribution in [0.2, 0.25) is 0 Å². The summed E-state index contributed by atoms with van der Waals surface area (Å²) < 4.78 is 0. The van der Waals surface area contributed by atoms with Gasteiger partial charge in [0.2, 0.25) is 0 Å². The number of aliphatic hydroxyl groups excluding tert-OH is 1. The van der Waals surface area contributed by atoms with Gasteiger partial charge in [-0.05, 0) is 58.4 Å². The highest BCUT2D eigenvalue weighted by Gasteiger charge is 2.41. The van der Waals surface area contributed by atoms with E-state index in [-0.39, 0.29) is 22.2 Å². The first-order valence-corrected chi connectivity index (χ1v) is 10.9. The van der Waals surface area contributed by atoms with Gasteiger partial charge >= 0.3 is 5.97 Å². The fourth-order valence-electron chi connectivity index (χ4n) is 4.19. The summed E-state index contributed by atoms with van der Waals surface area (Å²) in [6, 6.07) is 1.67. The minimum Gasteiger partial charge on any atom is -0.477 e. The summed E-state index contributed by atoms with van der Waals surface area (Å²) in [4.78, 5) is 27.2. The monoisotopic (exact) mass is 403 g/mol. The van der Waals surface area contributed by atoms with Crippen LogP contribution in [0.4, 0.5) is 5.69 Å². The molecule has 6 heteroatoms. The molecule has 1 amide bonds. The number of hydrogen-bond donors (Lipinski definition) is 2. The van der Waals surface area contributed by atoms with Gasteiger partial charge in [-0.25, -0.2) is 4.79 Å². The number of rotatable bonds is 3. The first-order chi connectivity index (χ1) is 13.2. The maximum atomic E-state index is 12.9. The standard InChI is InChI=1S/C22H29NO4S/c1-22(2,3)12-11-15-13-17(19(28-15)21(26)27)23-16(9-10-18(24)20(23)25)14-7-5-4-6-8-14/h13-14,16,18,24H,4-10H2,1-3H3,(H,26,27). The second kappa shape index (κ2) is 8.26. The average molecular weight is 404 g/mol. The number of carboxylic acid groups (broad SMARTS) is 1. The van der Waals surface area contributed by atoms with Crippen LogP contribution in [0.3, 0.4) is 0 Å². The van der Waals surface area contributed by atoms with Crippen molar-refractivity contribution in [2.45, 2.75) is 77.9 Å². The van der Waals surface area contributed by atoms with Crippen molar-refractivity contribution < 1.29 is 19.8 Å². The zero-order chi connectivity index (χ0) is 20.5. The summed E-state index contributed by atoms with van der Waals surface area (Å²) in [6.45, 7) is 5.99. The third-order valence-electron chi connectivity index (χ3n) is 5.51. The number of anilines is 1. The molecule has 2 atom stereocenters. The quantitative estimate of drug-likeness (QED) is 0.739. The first kappa shape index (κ1) is 20.9. The molecular formula is C22H29NO4S. The van der Waals surface area contributed by atoms with Gasteiger partial charge in [0.1, 0.15) is 11.0 Å². The summed E-state index contributed by atoms with van der Waals surface area (Å²) in [5.41, 5.74) is 0.199. The Bertz CT molecular complexity index is 805. The van der Waals surface area contributed by atoms with Crippen LogP contribution in [0, 0.1) is 23.2 Å². The van der Waals surface area contributed by atoms with Crippen LogP contribution in [0.1, 0.15) is 80.3 Å². The van der Waals surface area contributed by atoms with E-state index in [4.69, 9.17) is 0 Å². The number of aromatic carboxylic acids is 1. The highest BCUT2D eigenvalue weighted by Crippen LogP contribution is 2.40. The zero-order valence-corrected chi connectivity index (χ0v) is 17.6. The molecule has 1 saturated heterocycles. The van der Waals surface area contributed by atoms with E-state index >= 15 is 0 Å². The van der Waals surface area contributed by atoms with Gasteiger partial charge in [-0.3, -0.25) is 4.79 Å². The molecule has 1 aliphatic carbocycles. The Labute approximate surface area is 170 Å². The number of carboxylic acids is 1. The lowest BCUT2D eigenvalue weighted by Crippen LogP contribution is -2.54. The number of amides is 1. The molecule has 2 fully saturated rings. The Morgan fingerprint density at radius 3 is 2.46 bits per heavy atom. The molecule has 2 N–H and O–H groups in total. The Morgan fingerprint density at radius 2 is 1.86 bits per heavy atom. The lowest BCUT2D eigenvalue weighted by molar-refractivity contribution is -0.129. The van der Waals surface area contributed by atoms with E-state index in [9.17, 15) is 19.8 Å². The summed E-state index contributed by atoms with van der Waals surface area (Å²) in [6.07, 6.45) is 5.68. The molecule has 2 unspecified atom stereocenters. The second-order valence-electron chi connectivity index (χ2n) is 8.90. The van der Waals surface area contributed by atoms with Crippen molar-refractivity contribution >= 4 is 28.9 Å². The summed E-state index contributed by atoms with van der Waals surface area (Å²) >= 11 is 1.11. The third-order valence-corrected chi connectivity index (χ3v) is 6.54. The highest BCUT2D eigenvalue weighted by atomic mass is 32.1. The molecule has 0 spiro atoms. The smallest absolute Gasteiger partial charge is 0.348 e. The van der Waals surface area contributed by atoms with Gasteiger partial charge < -0.3 is 15.1 Å². The molecule has 3 rings (SSSR count). The van der Waals surface area contributed by atoms with Crippen LogP contribution in [0.25, 0.3) is 0 Å². The number of carbonyl (C=O) groups excluding carboxylic acids is 1.